The molecule has 0 radical (unpaired) electrons. The second-order valence-electron chi connectivity index (χ2n) is 10.3. The summed E-state index contributed by atoms with van der Waals surface area (Å²) in [7, 11) is 3.26. The zero-order valence-electron chi connectivity index (χ0n) is 24.6. The molecule has 4 aromatic carbocycles. The molecule has 3 aliphatic rings. The molecule has 0 atom stereocenters. The monoisotopic (exact) mass is 580 g/mol. The molecule has 3 heterocycles. The van der Waals surface area contributed by atoms with Gasteiger partial charge in [-0.25, -0.2) is 4.90 Å². The molecule has 0 aliphatic carbocycles. The fourth-order valence-corrected chi connectivity index (χ4v) is 5.12. The standard InChI is InChI=1S/C34H28N8O2/c1-21-15-17-25(27(19-21)43-3)29-35-31-36-30(26-18-16-22(2)20-28(26)44-4)38-33-40-34(39-32(37-29)42(31)33)41(23-11-7-5-8-12-23)24-13-9-6-10-14-24/h5-20H,1-4H3. The summed E-state index contributed by atoms with van der Waals surface area (Å²) in [5.74, 6) is 3.54. The third-order valence-electron chi connectivity index (χ3n) is 7.25. The van der Waals surface area contributed by atoms with Gasteiger partial charge in [0.2, 0.25) is 23.8 Å². The molecule has 0 aromatic heterocycles. The first-order valence-electron chi connectivity index (χ1n) is 14.0. The summed E-state index contributed by atoms with van der Waals surface area (Å²) in [6.45, 7) is 4.02. The molecule has 216 valence electrons. The number of benzene rings is 4. The van der Waals surface area contributed by atoms with Crippen molar-refractivity contribution >= 4 is 46.9 Å². The number of hydrogen-bond donors (Lipinski definition) is 0. The van der Waals surface area contributed by atoms with Crippen molar-refractivity contribution in [2.75, 3.05) is 19.1 Å². The number of anilines is 2. The number of guanidine groups is 4. The van der Waals surface area contributed by atoms with E-state index in [9.17, 15) is 0 Å². The van der Waals surface area contributed by atoms with Crippen LogP contribution in [0.1, 0.15) is 22.3 Å². The summed E-state index contributed by atoms with van der Waals surface area (Å²) in [6.07, 6.45) is 0. The van der Waals surface area contributed by atoms with Gasteiger partial charge in [0.25, 0.3) is 0 Å². The molecule has 0 amide bonds. The van der Waals surface area contributed by atoms with Crippen LogP contribution >= 0.6 is 0 Å². The molecule has 4 aromatic rings. The van der Waals surface area contributed by atoms with Gasteiger partial charge in [0.1, 0.15) is 11.5 Å². The van der Waals surface area contributed by atoms with Crippen molar-refractivity contribution in [1.29, 1.82) is 0 Å². The number of rotatable bonds is 6. The van der Waals surface area contributed by atoms with Gasteiger partial charge in [-0.05, 0) is 73.5 Å². The second-order valence-corrected chi connectivity index (χ2v) is 10.3. The van der Waals surface area contributed by atoms with Crippen LogP contribution in [0.3, 0.4) is 0 Å². The lowest BCUT2D eigenvalue weighted by Gasteiger charge is -2.33. The zero-order valence-corrected chi connectivity index (χ0v) is 24.6. The number of aryl methyl sites for hydroxylation is 2. The quantitative estimate of drug-likeness (QED) is 0.274. The van der Waals surface area contributed by atoms with E-state index in [0.717, 1.165) is 22.5 Å². The highest BCUT2D eigenvalue weighted by molar-refractivity contribution is 6.34. The maximum Gasteiger partial charge on any atom is 0.244 e. The maximum atomic E-state index is 5.71. The van der Waals surface area contributed by atoms with Crippen LogP contribution in [0.2, 0.25) is 0 Å². The number of hydrogen-bond acceptors (Lipinski definition) is 10. The van der Waals surface area contributed by atoms with E-state index in [4.69, 9.17) is 39.4 Å². The van der Waals surface area contributed by atoms with E-state index in [2.05, 4.69) is 0 Å². The number of methoxy groups -OCH3 is 2. The van der Waals surface area contributed by atoms with Gasteiger partial charge in [-0.3, -0.25) is 4.90 Å². The lowest BCUT2D eigenvalue weighted by atomic mass is 10.1. The first kappa shape index (κ1) is 27.0. The van der Waals surface area contributed by atoms with Crippen molar-refractivity contribution in [3.8, 4) is 11.5 Å². The van der Waals surface area contributed by atoms with Gasteiger partial charge < -0.3 is 9.47 Å². The minimum atomic E-state index is 0.340. The van der Waals surface area contributed by atoms with Gasteiger partial charge in [0, 0.05) is 11.4 Å². The highest BCUT2D eigenvalue weighted by Gasteiger charge is 2.37. The Labute approximate surface area is 254 Å². The summed E-state index contributed by atoms with van der Waals surface area (Å²) in [5.41, 5.74) is 5.31. The minimum absolute atomic E-state index is 0.340. The molecule has 3 aliphatic heterocycles. The van der Waals surface area contributed by atoms with Crippen molar-refractivity contribution in [3.05, 3.63) is 119 Å². The van der Waals surface area contributed by atoms with Crippen LogP contribution < -0.4 is 14.4 Å². The van der Waals surface area contributed by atoms with Crippen molar-refractivity contribution < 1.29 is 9.47 Å². The first-order chi connectivity index (χ1) is 21.5. The lowest BCUT2D eigenvalue weighted by Crippen LogP contribution is -2.49. The van der Waals surface area contributed by atoms with Crippen molar-refractivity contribution in [3.63, 3.8) is 0 Å². The Bertz CT molecular complexity index is 1870. The summed E-state index contributed by atoms with van der Waals surface area (Å²) < 4.78 is 11.4. The van der Waals surface area contributed by atoms with Crippen molar-refractivity contribution in [1.82, 2.24) is 4.90 Å². The van der Waals surface area contributed by atoms with Crippen LogP contribution in [0.15, 0.2) is 127 Å². The Kier molecular flexibility index (Phi) is 6.78. The molecular formula is C34H28N8O2. The third kappa shape index (κ3) is 4.82. The van der Waals surface area contributed by atoms with Gasteiger partial charge in [0.05, 0.1) is 25.3 Å². The highest BCUT2D eigenvalue weighted by atomic mass is 16.5. The van der Waals surface area contributed by atoms with Gasteiger partial charge in [-0.1, -0.05) is 48.5 Å². The predicted molar refractivity (Wildman–Crippen MR) is 175 cm³/mol. The SMILES string of the molecule is COc1cc(C)ccc1C1=NC2=NC(c3ccc(C)cc3OC)=NC3=NC(N(c4ccccc4)c4ccccc4)=NC(=N1)N23. The molecular weight excluding hydrogens is 552 g/mol. The molecule has 7 rings (SSSR count). The molecule has 0 bridgehead atoms. The van der Waals surface area contributed by atoms with E-state index in [1.54, 1.807) is 19.1 Å². The Morgan fingerprint density at radius 2 is 0.977 bits per heavy atom. The number of aliphatic imine (C=N–C) groups is 6. The molecule has 44 heavy (non-hydrogen) atoms. The minimum Gasteiger partial charge on any atom is -0.496 e. The van der Waals surface area contributed by atoms with Crippen LogP contribution in [0.5, 0.6) is 11.5 Å². The Morgan fingerprint density at radius 1 is 0.523 bits per heavy atom. The van der Waals surface area contributed by atoms with E-state index in [1.807, 2.05) is 116 Å². The Morgan fingerprint density at radius 3 is 1.45 bits per heavy atom. The molecule has 10 heteroatoms. The zero-order chi connectivity index (χ0) is 30.2. The molecule has 0 spiro atoms. The first-order valence-corrected chi connectivity index (χ1v) is 14.0. The van der Waals surface area contributed by atoms with E-state index in [0.29, 0.717) is 58.1 Å². The predicted octanol–water partition coefficient (Wildman–Crippen LogP) is 6.12. The van der Waals surface area contributed by atoms with Crippen LogP contribution in [-0.2, 0) is 0 Å². The smallest absolute Gasteiger partial charge is 0.244 e. The molecule has 0 unspecified atom stereocenters. The fraction of sp³-hybridized carbons (Fsp3) is 0.118. The number of amidine groups is 2. The Balaban J connectivity index is 1.46. The van der Waals surface area contributed by atoms with Gasteiger partial charge >= 0.3 is 0 Å². The summed E-state index contributed by atoms with van der Waals surface area (Å²) >= 11 is 0. The van der Waals surface area contributed by atoms with Gasteiger partial charge in [-0.2, -0.15) is 30.0 Å². The number of nitrogens with zero attached hydrogens (tertiary/aromatic N) is 8. The number of para-hydroxylation sites is 2. The molecule has 0 saturated heterocycles. The van der Waals surface area contributed by atoms with Crippen LogP contribution in [-0.4, -0.2) is 54.6 Å². The summed E-state index contributed by atoms with van der Waals surface area (Å²) in [5, 5.41) is 0. The molecule has 0 N–H and O–H groups in total. The van der Waals surface area contributed by atoms with Gasteiger partial charge in [0.15, 0.2) is 11.7 Å². The topological polar surface area (TPSA) is 99.1 Å². The molecule has 0 fully saturated rings. The maximum absolute atomic E-state index is 5.71. The summed E-state index contributed by atoms with van der Waals surface area (Å²) in [6, 6.07) is 31.7. The highest BCUT2D eigenvalue weighted by Crippen LogP contribution is 2.31. The fourth-order valence-electron chi connectivity index (χ4n) is 5.12. The van der Waals surface area contributed by atoms with E-state index >= 15 is 0 Å². The van der Waals surface area contributed by atoms with Crippen LogP contribution in [0, 0.1) is 13.8 Å². The molecule has 0 saturated carbocycles. The van der Waals surface area contributed by atoms with Gasteiger partial charge in [-0.15, -0.1) is 0 Å². The third-order valence-corrected chi connectivity index (χ3v) is 7.25. The van der Waals surface area contributed by atoms with Crippen molar-refractivity contribution in [2.24, 2.45) is 30.0 Å². The average molecular weight is 581 g/mol. The van der Waals surface area contributed by atoms with E-state index in [1.165, 1.54) is 0 Å². The second kappa shape index (κ2) is 11.1. The van der Waals surface area contributed by atoms with E-state index in [-0.39, 0.29) is 0 Å². The van der Waals surface area contributed by atoms with E-state index < -0.39 is 0 Å². The van der Waals surface area contributed by atoms with Crippen LogP contribution in [0.4, 0.5) is 11.4 Å². The van der Waals surface area contributed by atoms with Crippen molar-refractivity contribution in [2.45, 2.75) is 13.8 Å². The number of ether oxygens (including phenoxy) is 2. The normalized spacial score (nSPS) is 15.1. The van der Waals surface area contributed by atoms with Crippen LogP contribution in [0.25, 0.3) is 0 Å². The largest absolute Gasteiger partial charge is 0.496 e. The molecule has 10 nitrogen and oxygen atoms in total. The Hall–Kier alpha value is -5.90. The lowest BCUT2D eigenvalue weighted by molar-refractivity contribution is 0.413. The summed E-state index contributed by atoms with van der Waals surface area (Å²) in [4.78, 5) is 33.1. The average Bonchev–Trinajstić information content (AvgIpc) is 3.05.